The van der Waals surface area contributed by atoms with Crippen LogP contribution in [-0.2, 0) is 25.9 Å². The van der Waals surface area contributed by atoms with Crippen LogP contribution in [0.2, 0.25) is 0 Å². The average Bonchev–Trinajstić information content (AvgIpc) is 2.94. The van der Waals surface area contributed by atoms with Gasteiger partial charge < -0.3 is 9.73 Å². The van der Waals surface area contributed by atoms with Gasteiger partial charge in [-0.15, -0.1) is 11.3 Å². The van der Waals surface area contributed by atoms with Crippen LogP contribution in [0.3, 0.4) is 0 Å². The van der Waals surface area contributed by atoms with Gasteiger partial charge in [0.05, 0.1) is 6.54 Å². The third-order valence-electron chi connectivity index (χ3n) is 3.02. The summed E-state index contributed by atoms with van der Waals surface area (Å²) in [6, 6.07) is 6.28. The van der Waals surface area contributed by atoms with E-state index in [0.29, 0.717) is 0 Å². The Balaban J connectivity index is 1.54. The van der Waals surface area contributed by atoms with Gasteiger partial charge in [0.15, 0.2) is 4.67 Å². The molecule has 0 aromatic carbocycles. The lowest BCUT2D eigenvalue weighted by atomic mass is 10.2. The Morgan fingerprint density at radius 2 is 2.24 bits per heavy atom. The van der Waals surface area contributed by atoms with Crippen LogP contribution in [0.1, 0.15) is 27.5 Å². The number of halogens is 1. The van der Waals surface area contributed by atoms with E-state index in [-0.39, 0.29) is 0 Å². The van der Waals surface area contributed by atoms with Crippen LogP contribution in [0.15, 0.2) is 27.3 Å². The zero-order valence-electron chi connectivity index (χ0n) is 9.46. The topological polar surface area (TPSA) is 25.2 Å². The Hall–Kier alpha value is -0.580. The molecule has 2 nitrogen and oxygen atoms in total. The summed E-state index contributed by atoms with van der Waals surface area (Å²) in [6.45, 7) is 1.73. The van der Waals surface area contributed by atoms with Crippen LogP contribution < -0.4 is 5.32 Å². The van der Waals surface area contributed by atoms with Gasteiger partial charge in [-0.2, -0.15) is 0 Å². The molecule has 0 saturated heterocycles. The van der Waals surface area contributed by atoms with Crippen LogP contribution in [0.4, 0.5) is 0 Å². The van der Waals surface area contributed by atoms with Gasteiger partial charge in [0.1, 0.15) is 5.76 Å². The smallest absolute Gasteiger partial charge is 0.169 e. The maximum Gasteiger partial charge on any atom is 0.169 e. The highest BCUT2D eigenvalue weighted by Gasteiger charge is 2.14. The van der Waals surface area contributed by atoms with Crippen molar-refractivity contribution in [2.24, 2.45) is 0 Å². The monoisotopic (exact) mass is 311 g/mol. The van der Waals surface area contributed by atoms with E-state index >= 15 is 0 Å². The summed E-state index contributed by atoms with van der Waals surface area (Å²) in [5.74, 6) is 0.973. The zero-order chi connectivity index (χ0) is 11.7. The van der Waals surface area contributed by atoms with Gasteiger partial charge in [-0.05, 0) is 59.0 Å². The number of hydrogen-bond donors (Lipinski definition) is 1. The number of aryl methyl sites for hydroxylation is 2. The van der Waals surface area contributed by atoms with Gasteiger partial charge in [-0.3, -0.25) is 0 Å². The molecular weight excluding hydrogens is 298 g/mol. The maximum atomic E-state index is 5.44. The van der Waals surface area contributed by atoms with Crippen molar-refractivity contribution >= 4 is 27.3 Å². The number of furan rings is 1. The Kier molecular flexibility index (Phi) is 3.36. The van der Waals surface area contributed by atoms with Crippen LogP contribution in [0.25, 0.3) is 0 Å². The third kappa shape index (κ3) is 2.64. The molecule has 0 aliphatic heterocycles. The van der Waals surface area contributed by atoms with Gasteiger partial charge in [0.2, 0.25) is 0 Å². The van der Waals surface area contributed by atoms with Crippen LogP contribution in [-0.4, -0.2) is 0 Å². The van der Waals surface area contributed by atoms with E-state index in [1.807, 2.05) is 23.5 Å². The summed E-state index contributed by atoms with van der Waals surface area (Å²) in [5.41, 5.74) is 1.58. The summed E-state index contributed by atoms with van der Waals surface area (Å²) >= 11 is 5.27. The Labute approximate surface area is 113 Å². The highest BCUT2D eigenvalue weighted by atomic mass is 79.9. The van der Waals surface area contributed by atoms with Crippen molar-refractivity contribution in [2.75, 3.05) is 0 Å². The number of thiophene rings is 1. The average molecular weight is 312 g/mol. The van der Waals surface area contributed by atoms with Gasteiger partial charge in [-0.1, -0.05) is 0 Å². The number of rotatable bonds is 4. The molecule has 0 bridgehead atoms. The van der Waals surface area contributed by atoms with Gasteiger partial charge in [0, 0.05) is 16.3 Å². The molecule has 3 rings (SSSR count). The molecule has 90 valence electrons. The molecule has 2 aromatic rings. The number of nitrogens with one attached hydrogen (secondary N) is 1. The molecule has 0 radical (unpaired) electrons. The van der Waals surface area contributed by atoms with Crippen molar-refractivity contribution in [1.82, 2.24) is 5.32 Å². The normalized spacial score (nSPS) is 14.2. The quantitative estimate of drug-likeness (QED) is 0.927. The predicted molar refractivity (Wildman–Crippen MR) is 73.3 cm³/mol. The van der Waals surface area contributed by atoms with Crippen LogP contribution in [0, 0.1) is 0 Å². The third-order valence-corrected chi connectivity index (χ3v) is 4.69. The van der Waals surface area contributed by atoms with E-state index in [1.54, 1.807) is 10.4 Å². The molecule has 0 amide bonds. The molecule has 1 aliphatic carbocycles. The fourth-order valence-electron chi connectivity index (χ4n) is 2.23. The van der Waals surface area contributed by atoms with Crippen molar-refractivity contribution in [2.45, 2.75) is 32.4 Å². The SMILES string of the molecule is Brc1ccc(CNCc2cc3c(s2)CCC3)o1. The van der Waals surface area contributed by atoms with Crippen LogP contribution >= 0.6 is 27.3 Å². The molecule has 0 unspecified atom stereocenters. The van der Waals surface area contributed by atoms with Crippen molar-refractivity contribution in [3.8, 4) is 0 Å². The molecule has 17 heavy (non-hydrogen) atoms. The Morgan fingerprint density at radius 1 is 1.29 bits per heavy atom. The molecule has 0 saturated carbocycles. The standard InChI is InChI=1S/C13H14BrNOS/c14-13-5-4-10(16-13)7-15-8-11-6-9-2-1-3-12(9)17-11/h4-6,15H,1-3,7-8H2. The number of hydrogen-bond acceptors (Lipinski definition) is 3. The second-order valence-electron chi connectivity index (χ2n) is 4.32. The largest absolute Gasteiger partial charge is 0.453 e. The molecule has 0 atom stereocenters. The van der Waals surface area contributed by atoms with E-state index < -0.39 is 0 Å². The fraction of sp³-hybridized carbons (Fsp3) is 0.385. The maximum absolute atomic E-state index is 5.44. The Morgan fingerprint density at radius 3 is 3.00 bits per heavy atom. The molecule has 2 heterocycles. The molecule has 4 heteroatoms. The minimum atomic E-state index is 0.786. The van der Waals surface area contributed by atoms with Gasteiger partial charge in [-0.25, -0.2) is 0 Å². The van der Waals surface area contributed by atoms with Crippen molar-refractivity contribution in [3.63, 3.8) is 0 Å². The summed E-state index contributed by atoms with van der Waals surface area (Å²) in [4.78, 5) is 3.04. The molecular formula is C13H14BrNOS. The molecule has 1 aliphatic rings. The molecule has 0 fully saturated rings. The molecule has 2 aromatic heterocycles. The van der Waals surface area contributed by atoms with Crippen molar-refractivity contribution < 1.29 is 4.42 Å². The molecule has 0 spiro atoms. The lowest BCUT2D eigenvalue weighted by molar-refractivity contribution is 0.466. The zero-order valence-corrected chi connectivity index (χ0v) is 11.9. The second kappa shape index (κ2) is 4.96. The summed E-state index contributed by atoms with van der Waals surface area (Å²) in [5, 5.41) is 3.42. The Bertz CT molecular complexity index is 496. The van der Waals surface area contributed by atoms with E-state index in [2.05, 4.69) is 27.3 Å². The van der Waals surface area contributed by atoms with Gasteiger partial charge >= 0.3 is 0 Å². The van der Waals surface area contributed by atoms with Crippen molar-refractivity contribution in [1.29, 1.82) is 0 Å². The van der Waals surface area contributed by atoms with E-state index in [1.165, 1.54) is 24.1 Å². The second-order valence-corrected chi connectivity index (χ2v) is 6.33. The minimum Gasteiger partial charge on any atom is -0.453 e. The van der Waals surface area contributed by atoms with E-state index in [4.69, 9.17) is 4.42 Å². The lowest BCUT2D eigenvalue weighted by Gasteiger charge is -2.00. The van der Waals surface area contributed by atoms with Gasteiger partial charge in [0.25, 0.3) is 0 Å². The predicted octanol–water partition coefficient (Wildman–Crippen LogP) is 3.88. The first kappa shape index (κ1) is 11.5. The minimum absolute atomic E-state index is 0.786. The summed E-state index contributed by atoms with van der Waals surface area (Å²) < 4.78 is 6.24. The first-order valence-electron chi connectivity index (χ1n) is 5.86. The fourth-order valence-corrected chi connectivity index (χ4v) is 3.80. The summed E-state index contributed by atoms with van der Waals surface area (Å²) in [6.07, 6.45) is 3.90. The first-order valence-corrected chi connectivity index (χ1v) is 7.47. The summed E-state index contributed by atoms with van der Waals surface area (Å²) in [7, 11) is 0. The van der Waals surface area contributed by atoms with E-state index in [0.717, 1.165) is 23.5 Å². The lowest BCUT2D eigenvalue weighted by Crippen LogP contribution is -2.11. The molecule has 1 N–H and O–H groups in total. The highest BCUT2D eigenvalue weighted by Crippen LogP contribution is 2.30. The van der Waals surface area contributed by atoms with Crippen molar-refractivity contribution in [3.05, 3.63) is 43.9 Å². The number of fused-ring (bicyclic) bond motifs is 1. The highest BCUT2D eigenvalue weighted by molar-refractivity contribution is 9.10. The first-order chi connectivity index (χ1) is 8.31. The van der Waals surface area contributed by atoms with Crippen LogP contribution in [0.5, 0.6) is 0 Å². The van der Waals surface area contributed by atoms with E-state index in [9.17, 15) is 0 Å².